The number of unbranched alkanes of at least 4 members (excludes halogenated alkanes) is 13. The number of carboxylic acid groups (broad SMARTS) is 1. The Labute approximate surface area is 171 Å². The van der Waals surface area contributed by atoms with Gasteiger partial charge in [0, 0.05) is 6.42 Å². The smallest absolute Gasteiger partial charge is 0.326 e. The molecule has 1 amide bonds. The molecule has 0 aliphatic heterocycles. The van der Waals surface area contributed by atoms with Crippen LogP contribution in [0.4, 0.5) is 0 Å². The van der Waals surface area contributed by atoms with E-state index in [0.29, 0.717) is 12.8 Å². The van der Waals surface area contributed by atoms with E-state index in [4.69, 9.17) is 5.11 Å². The van der Waals surface area contributed by atoms with Gasteiger partial charge in [0.25, 0.3) is 0 Å². The van der Waals surface area contributed by atoms with Crippen molar-refractivity contribution in [2.24, 2.45) is 0 Å². The van der Waals surface area contributed by atoms with Gasteiger partial charge >= 0.3 is 5.97 Å². The van der Waals surface area contributed by atoms with Gasteiger partial charge in [-0.15, -0.1) is 0 Å². The van der Waals surface area contributed by atoms with Crippen molar-refractivity contribution in [3.8, 4) is 0 Å². The molecule has 0 aliphatic rings. The quantitative estimate of drug-likeness (QED) is 0.239. The van der Waals surface area contributed by atoms with Crippen LogP contribution in [-0.2, 0) is 9.59 Å². The second-order valence-electron chi connectivity index (χ2n) is 7.59. The number of carbonyl (C=O) groups excluding carboxylic acids is 1. The summed E-state index contributed by atoms with van der Waals surface area (Å²) in [6, 6.07) is -0.739. The number of rotatable bonds is 20. The van der Waals surface area contributed by atoms with Gasteiger partial charge in [-0.1, -0.05) is 90.4 Å². The molecule has 27 heavy (non-hydrogen) atoms. The Bertz CT molecular complexity index is 363. The van der Waals surface area contributed by atoms with Crippen LogP contribution in [0.1, 0.15) is 110 Å². The van der Waals surface area contributed by atoms with Crippen molar-refractivity contribution in [2.75, 3.05) is 12.0 Å². The zero-order chi connectivity index (χ0) is 20.2. The first-order valence-corrected chi connectivity index (χ1v) is 12.5. The second kappa shape index (κ2) is 20.0. The molecule has 5 heteroatoms. The molecule has 0 aliphatic carbocycles. The minimum Gasteiger partial charge on any atom is -0.480 e. The Morgan fingerprint density at radius 2 is 1.26 bits per heavy atom. The number of thioether (sulfide) groups is 1. The maximum Gasteiger partial charge on any atom is 0.326 e. The lowest BCUT2D eigenvalue weighted by atomic mass is 10.0. The molecular weight excluding hydrogens is 358 g/mol. The Balaban J connectivity index is 3.40. The monoisotopic (exact) mass is 401 g/mol. The number of amides is 1. The molecule has 1 unspecified atom stereocenters. The summed E-state index contributed by atoms with van der Waals surface area (Å²) in [5.41, 5.74) is 0. The normalized spacial score (nSPS) is 12.1. The van der Waals surface area contributed by atoms with E-state index < -0.39 is 12.0 Å². The Morgan fingerprint density at radius 3 is 1.67 bits per heavy atom. The van der Waals surface area contributed by atoms with Crippen LogP contribution < -0.4 is 5.32 Å². The van der Waals surface area contributed by atoms with Crippen LogP contribution in [0.3, 0.4) is 0 Å². The molecular formula is C22H43NO3S. The maximum atomic E-state index is 11.9. The third-order valence-electron chi connectivity index (χ3n) is 5.00. The first-order valence-electron chi connectivity index (χ1n) is 11.1. The first-order chi connectivity index (χ1) is 13.1. The van der Waals surface area contributed by atoms with Crippen molar-refractivity contribution in [3.63, 3.8) is 0 Å². The standard InChI is InChI=1S/C22H43NO3S/c1-3-4-5-6-7-8-9-10-11-12-13-14-15-16-17-21(24)23-20(22(25)26)18-19-27-2/h20H,3-19H2,1-2H3,(H,23,24)(H,25,26). The zero-order valence-corrected chi connectivity index (χ0v) is 18.6. The van der Waals surface area contributed by atoms with Gasteiger partial charge in [0.15, 0.2) is 0 Å². The van der Waals surface area contributed by atoms with E-state index in [1.54, 1.807) is 11.8 Å². The summed E-state index contributed by atoms with van der Waals surface area (Å²) < 4.78 is 0. The van der Waals surface area contributed by atoms with Crippen molar-refractivity contribution in [3.05, 3.63) is 0 Å². The van der Waals surface area contributed by atoms with Gasteiger partial charge in [-0.05, 0) is 24.9 Å². The molecule has 160 valence electrons. The summed E-state index contributed by atoms with van der Waals surface area (Å²) in [5.74, 6) is -0.309. The number of hydrogen-bond donors (Lipinski definition) is 2. The van der Waals surface area contributed by atoms with Crippen molar-refractivity contribution in [2.45, 2.75) is 116 Å². The van der Waals surface area contributed by atoms with Crippen molar-refractivity contribution < 1.29 is 14.7 Å². The lowest BCUT2D eigenvalue weighted by Crippen LogP contribution is -2.41. The average molecular weight is 402 g/mol. The Hall–Kier alpha value is -0.710. The molecule has 0 aromatic rings. The molecule has 0 saturated carbocycles. The predicted molar refractivity (Wildman–Crippen MR) is 117 cm³/mol. The molecule has 0 radical (unpaired) electrons. The van der Waals surface area contributed by atoms with E-state index in [2.05, 4.69) is 12.2 Å². The van der Waals surface area contributed by atoms with Crippen LogP contribution in [0.15, 0.2) is 0 Å². The van der Waals surface area contributed by atoms with E-state index in [1.807, 2.05) is 6.26 Å². The van der Waals surface area contributed by atoms with Crippen molar-refractivity contribution in [1.82, 2.24) is 5.32 Å². The molecule has 0 saturated heterocycles. The molecule has 0 bridgehead atoms. The number of hydrogen-bond acceptors (Lipinski definition) is 3. The SMILES string of the molecule is CCCCCCCCCCCCCCCCC(=O)NC(CCSC)C(=O)O. The van der Waals surface area contributed by atoms with Gasteiger partial charge in [0.1, 0.15) is 6.04 Å². The van der Waals surface area contributed by atoms with Gasteiger partial charge in [-0.3, -0.25) is 4.79 Å². The van der Waals surface area contributed by atoms with Crippen LogP contribution in [-0.4, -0.2) is 35.0 Å². The summed E-state index contributed by atoms with van der Waals surface area (Å²) in [6.45, 7) is 2.26. The van der Waals surface area contributed by atoms with Gasteiger partial charge in [0.2, 0.25) is 5.91 Å². The molecule has 0 rings (SSSR count). The van der Waals surface area contributed by atoms with E-state index in [-0.39, 0.29) is 5.91 Å². The fourth-order valence-corrected chi connectivity index (χ4v) is 3.71. The number of carboxylic acids is 1. The minimum absolute atomic E-state index is 0.123. The summed E-state index contributed by atoms with van der Waals surface area (Å²) >= 11 is 1.60. The third kappa shape index (κ3) is 18.4. The third-order valence-corrected chi connectivity index (χ3v) is 5.65. The molecule has 2 N–H and O–H groups in total. The molecule has 0 spiro atoms. The number of nitrogens with one attached hydrogen (secondary N) is 1. The summed E-state index contributed by atoms with van der Waals surface area (Å²) in [6.07, 6.45) is 20.9. The van der Waals surface area contributed by atoms with Crippen molar-refractivity contribution >= 4 is 23.6 Å². The fraction of sp³-hybridized carbons (Fsp3) is 0.909. The van der Waals surface area contributed by atoms with E-state index in [1.165, 1.54) is 77.0 Å². The van der Waals surface area contributed by atoms with Crippen LogP contribution >= 0.6 is 11.8 Å². The topological polar surface area (TPSA) is 66.4 Å². The lowest BCUT2D eigenvalue weighted by Gasteiger charge is -2.13. The van der Waals surface area contributed by atoms with Crippen molar-refractivity contribution in [1.29, 1.82) is 0 Å². The molecule has 4 nitrogen and oxygen atoms in total. The Kier molecular flexibility index (Phi) is 19.5. The highest BCUT2D eigenvalue weighted by Gasteiger charge is 2.18. The van der Waals surface area contributed by atoms with E-state index in [9.17, 15) is 9.59 Å². The number of carbonyl (C=O) groups is 2. The van der Waals surface area contributed by atoms with Crippen LogP contribution in [0.2, 0.25) is 0 Å². The van der Waals surface area contributed by atoms with Crippen LogP contribution in [0, 0.1) is 0 Å². The Morgan fingerprint density at radius 1 is 0.815 bits per heavy atom. The number of aliphatic carboxylic acids is 1. The van der Waals surface area contributed by atoms with E-state index >= 15 is 0 Å². The van der Waals surface area contributed by atoms with Crippen LogP contribution in [0.5, 0.6) is 0 Å². The summed E-state index contributed by atoms with van der Waals surface area (Å²) in [7, 11) is 0. The fourth-order valence-electron chi connectivity index (χ4n) is 3.24. The second-order valence-corrected chi connectivity index (χ2v) is 8.57. The molecule has 1 atom stereocenters. The minimum atomic E-state index is -0.932. The molecule has 0 aromatic carbocycles. The van der Waals surface area contributed by atoms with E-state index in [0.717, 1.165) is 18.6 Å². The summed E-state index contributed by atoms with van der Waals surface area (Å²) in [4.78, 5) is 23.0. The zero-order valence-electron chi connectivity index (χ0n) is 17.8. The highest BCUT2D eigenvalue weighted by atomic mass is 32.2. The van der Waals surface area contributed by atoms with Crippen LogP contribution in [0.25, 0.3) is 0 Å². The van der Waals surface area contributed by atoms with Gasteiger partial charge < -0.3 is 10.4 Å². The highest BCUT2D eigenvalue weighted by molar-refractivity contribution is 7.98. The maximum absolute atomic E-state index is 11.9. The average Bonchev–Trinajstić information content (AvgIpc) is 2.65. The molecule has 0 aromatic heterocycles. The van der Waals surface area contributed by atoms with Gasteiger partial charge in [-0.2, -0.15) is 11.8 Å². The molecule has 0 fully saturated rings. The summed E-state index contributed by atoms with van der Waals surface area (Å²) in [5, 5.41) is 11.8. The highest BCUT2D eigenvalue weighted by Crippen LogP contribution is 2.13. The first kappa shape index (κ1) is 26.3. The largest absolute Gasteiger partial charge is 0.480 e. The van der Waals surface area contributed by atoms with Gasteiger partial charge in [-0.25, -0.2) is 4.79 Å². The molecule has 0 heterocycles. The predicted octanol–water partition coefficient (Wildman–Crippen LogP) is 6.18. The lowest BCUT2D eigenvalue weighted by molar-refractivity contribution is -0.141. The van der Waals surface area contributed by atoms with Gasteiger partial charge in [0.05, 0.1) is 0 Å².